The van der Waals surface area contributed by atoms with Gasteiger partial charge in [0.1, 0.15) is 5.01 Å². The lowest BCUT2D eigenvalue weighted by atomic mass is 10.0. The van der Waals surface area contributed by atoms with E-state index < -0.39 is 0 Å². The molecule has 1 aromatic heterocycles. The molecule has 112 valence electrons. The minimum absolute atomic E-state index is 0.183. The average Bonchev–Trinajstić information content (AvgIpc) is 2.89. The summed E-state index contributed by atoms with van der Waals surface area (Å²) in [6.45, 7) is 5.20. The number of rotatable bonds is 4. The van der Waals surface area contributed by atoms with E-state index in [-0.39, 0.29) is 6.04 Å². The molecule has 21 heavy (non-hydrogen) atoms. The highest BCUT2D eigenvalue weighted by molar-refractivity contribution is 7.11. The number of aryl methyl sites for hydroxylation is 3. The molecule has 1 aliphatic rings. The van der Waals surface area contributed by atoms with Crippen LogP contribution < -0.4 is 5.32 Å². The standard InChI is InChI=1S/C17H21ClN2S/c1-3-19-16(13-9-8-12(18)10-11(13)2)17-20-14-6-4-5-7-15(14)21-17/h8-10,16,19H,3-7H2,1-2H3. The molecule has 1 unspecified atom stereocenters. The second-order valence-electron chi connectivity index (χ2n) is 5.62. The lowest BCUT2D eigenvalue weighted by Gasteiger charge is -2.18. The van der Waals surface area contributed by atoms with E-state index in [0.717, 1.165) is 18.0 Å². The Labute approximate surface area is 135 Å². The first-order valence-electron chi connectivity index (χ1n) is 7.67. The van der Waals surface area contributed by atoms with E-state index >= 15 is 0 Å². The monoisotopic (exact) mass is 320 g/mol. The summed E-state index contributed by atoms with van der Waals surface area (Å²) in [4.78, 5) is 6.42. The Kier molecular flexibility index (Phi) is 4.63. The van der Waals surface area contributed by atoms with Crippen LogP contribution in [0.5, 0.6) is 0 Å². The van der Waals surface area contributed by atoms with Crippen LogP contribution >= 0.6 is 22.9 Å². The van der Waals surface area contributed by atoms with Crippen molar-refractivity contribution >= 4 is 22.9 Å². The Balaban J connectivity index is 1.99. The molecule has 0 radical (unpaired) electrons. The van der Waals surface area contributed by atoms with Gasteiger partial charge in [-0.05, 0) is 62.4 Å². The second-order valence-corrected chi connectivity index (χ2v) is 7.17. The summed E-state index contributed by atoms with van der Waals surface area (Å²) in [7, 11) is 0. The van der Waals surface area contributed by atoms with Crippen LogP contribution in [0.25, 0.3) is 0 Å². The van der Waals surface area contributed by atoms with Gasteiger partial charge in [-0.3, -0.25) is 0 Å². The molecule has 1 N–H and O–H groups in total. The van der Waals surface area contributed by atoms with Crippen LogP contribution in [0.15, 0.2) is 18.2 Å². The summed E-state index contributed by atoms with van der Waals surface area (Å²) in [5.74, 6) is 0. The predicted octanol–water partition coefficient (Wildman–Crippen LogP) is 4.68. The first kappa shape index (κ1) is 15.0. The van der Waals surface area contributed by atoms with Crippen molar-refractivity contribution in [2.24, 2.45) is 0 Å². The van der Waals surface area contributed by atoms with E-state index in [2.05, 4.69) is 25.2 Å². The number of halogens is 1. The maximum atomic E-state index is 6.09. The van der Waals surface area contributed by atoms with Crippen molar-refractivity contribution in [3.8, 4) is 0 Å². The summed E-state index contributed by atoms with van der Waals surface area (Å²) in [6.07, 6.45) is 4.93. The quantitative estimate of drug-likeness (QED) is 0.884. The Morgan fingerprint density at radius 1 is 1.33 bits per heavy atom. The summed E-state index contributed by atoms with van der Waals surface area (Å²) in [6, 6.07) is 6.32. The summed E-state index contributed by atoms with van der Waals surface area (Å²) < 4.78 is 0. The highest BCUT2D eigenvalue weighted by Crippen LogP contribution is 2.34. The van der Waals surface area contributed by atoms with Gasteiger partial charge in [0.25, 0.3) is 0 Å². The second kappa shape index (κ2) is 6.47. The van der Waals surface area contributed by atoms with Crippen molar-refractivity contribution < 1.29 is 0 Å². The zero-order chi connectivity index (χ0) is 14.8. The van der Waals surface area contributed by atoms with Gasteiger partial charge in [0.05, 0.1) is 11.7 Å². The van der Waals surface area contributed by atoms with E-state index in [1.807, 2.05) is 23.5 Å². The third kappa shape index (κ3) is 3.15. The molecule has 0 saturated carbocycles. The first-order valence-corrected chi connectivity index (χ1v) is 8.86. The van der Waals surface area contributed by atoms with Crippen molar-refractivity contribution in [3.63, 3.8) is 0 Å². The van der Waals surface area contributed by atoms with Gasteiger partial charge < -0.3 is 5.32 Å². The fourth-order valence-corrected chi connectivity index (χ4v) is 4.47. The van der Waals surface area contributed by atoms with Crippen LogP contribution in [0, 0.1) is 6.92 Å². The van der Waals surface area contributed by atoms with Crippen molar-refractivity contribution in [2.75, 3.05) is 6.54 Å². The van der Waals surface area contributed by atoms with Crippen molar-refractivity contribution in [1.82, 2.24) is 10.3 Å². The lowest BCUT2D eigenvalue weighted by Crippen LogP contribution is -2.22. The normalized spacial score (nSPS) is 15.8. The molecule has 0 spiro atoms. The Bertz CT molecular complexity index is 612. The summed E-state index contributed by atoms with van der Waals surface area (Å²) in [5.41, 5.74) is 3.84. The van der Waals surface area contributed by atoms with Crippen molar-refractivity contribution in [1.29, 1.82) is 0 Å². The van der Waals surface area contributed by atoms with Crippen molar-refractivity contribution in [2.45, 2.75) is 45.6 Å². The minimum Gasteiger partial charge on any atom is -0.305 e. The highest BCUT2D eigenvalue weighted by atomic mass is 35.5. The van der Waals surface area contributed by atoms with Gasteiger partial charge in [0.2, 0.25) is 0 Å². The number of aromatic nitrogens is 1. The summed E-state index contributed by atoms with van der Waals surface area (Å²) in [5, 5.41) is 5.59. The number of hydrogen-bond donors (Lipinski definition) is 1. The van der Waals surface area contributed by atoms with Gasteiger partial charge in [0, 0.05) is 9.90 Å². The van der Waals surface area contributed by atoms with Gasteiger partial charge in [-0.2, -0.15) is 0 Å². The van der Waals surface area contributed by atoms with E-state index in [9.17, 15) is 0 Å². The number of thiazole rings is 1. The Hall–Kier alpha value is -0.900. The lowest BCUT2D eigenvalue weighted by molar-refractivity contribution is 0.618. The fourth-order valence-electron chi connectivity index (χ4n) is 2.99. The van der Waals surface area contributed by atoms with Gasteiger partial charge >= 0.3 is 0 Å². The van der Waals surface area contributed by atoms with Gasteiger partial charge in [-0.1, -0.05) is 24.6 Å². The summed E-state index contributed by atoms with van der Waals surface area (Å²) >= 11 is 7.98. The number of nitrogens with one attached hydrogen (secondary N) is 1. The molecule has 0 aliphatic heterocycles. The van der Waals surface area contributed by atoms with Crippen LogP contribution in [0.4, 0.5) is 0 Å². The average molecular weight is 321 g/mol. The molecule has 0 amide bonds. The zero-order valence-electron chi connectivity index (χ0n) is 12.6. The maximum absolute atomic E-state index is 6.09. The molecular formula is C17H21ClN2S. The Morgan fingerprint density at radius 3 is 2.86 bits per heavy atom. The Morgan fingerprint density at radius 2 is 2.14 bits per heavy atom. The van der Waals surface area contributed by atoms with Crippen LogP contribution in [0.1, 0.15) is 52.5 Å². The number of benzene rings is 1. The molecule has 1 heterocycles. The molecule has 1 atom stereocenters. The number of nitrogens with zero attached hydrogens (tertiary/aromatic N) is 1. The van der Waals surface area contributed by atoms with E-state index in [4.69, 9.17) is 16.6 Å². The molecule has 0 fully saturated rings. The molecule has 2 aromatic rings. The molecule has 0 saturated heterocycles. The van der Waals surface area contributed by atoms with E-state index in [0.29, 0.717) is 0 Å². The van der Waals surface area contributed by atoms with Crippen LogP contribution in [-0.2, 0) is 12.8 Å². The third-order valence-corrected chi connectivity index (χ3v) is 5.52. The molecule has 2 nitrogen and oxygen atoms in total. The molecular weight excluding hydrogens is 300 g/mol. The maximum Gasteiger partial charge on any atom is 0.115 e. The molecule has 3 rings (SSSR count). The fraction of sp³-hybridized carbons (Fsp3) is 0.471. The molecule has 4 heteroatoms. The molecule has 0 bridgehead atoms. The van der Waals surface area contributed by atoms with E-state index in [1.165, 1.54) is 46.0 Å². The minimum atomic E-state index is 0.183. The highest BCUT2D eigenvalue weighted by Gasteiger charge is 2.22. The number of hydrogen-bond acceptors (Lipinski definition) is 3. The van der Waals surface area contributed by atoms with Crippen molar-refractivity contribution in [3.05, 3.63) is 49.9 Å². The zero-order valence-corrected chi connectivity index (χ0v) is 14.2. The number of fused-ring (bicyclic) bond motifs is 1. The van der Waals surface area contributed by atoms with Crippen LogP contribution in [0.3, 0.4) is 0 Å². The van der Waals surface area contributed by atoms with Gasteiger partial charge in [0.15, 0.2) is 0 Å². The van der Waals surface area contributed by atoms with E-state index in [1.54, 1.807) is 0 Å². The largest absolute Gasteiger partial charge is 0.305 e. The molecule has 1 aromatic carbocycles. The SMILES string of the molecule is CCNC(c1nc2c(s1)CCCC2)c1ccc(Cl)cc1C. The van der Waals surface area contributed by atoms with Gasteiger partial charge in [-0.15, -0.1) is 11.3 Å². The predicted molar refractivity (Wildman–Crippen MR) is 90.5 cm³/mol. The third-order valence-electron chi connectivity index (χ3n) is 4.06. The van der Waals surface area contributed by atoms with Crippen LogP contribution in [0.2, 0.25) is 5.02 Å². The smallest absolute Gasteiger partial charge is 0.115 e. The van der Waals surface area contributed by atoms with Gasteiger partial charge in [-0.25, -0.2) is 4.98 Å². The topological polar surface area (TPSA) is 24.9 Å². The molecule has 1 aliphatic carbocycles. The van der Waals surface area contributed by atoms with Crippen LogP contribution in [-0.4, -0.2) is 11.5 Å². The first-order chi connectivity index (χ1) is 10.2.